The second-order valence-electron chi connectivity index (χ2n) is 5.34. The summed E-state index contributed by atoms with van der Waals surface area (Å²) in [4.78, 5) is 0. The molecule has 2 aromatic carbocycles. The maximum atomic E-state index is 9.68. The highest BCUT2D eigenvalue weighted by Gasteiger charge is 2.11. The number of para-hydroxylation sites is 2. The molecule has 1 atom stereocenters. The molecule has 5 heteroatoms. The van der Waals surface area contributed by atoms with Crippen LogP contribution in [0.15, 0.2) is 54.6 Å². The second kappa shape index (κ2) is 6.81. The lowest BCUT2D eigenvalue weighted by atomic mass is 10.2. The highest BCUT2D eigenvalue weighted by molar-refractivity contribution is 5.85. The van der Waals surface area contributed by atoms with Crippen LogP contribution in [0.5, 0.6) is 0 Å². The van der Waals surface area contributed by atoms with Gasteiger partial charge in [0.2, 0.25) is 5.62 Å². The van der Waals surface area contributed by atoms with Gasteiger partial charge in [0.1, 0.15) is 0 Å². The van der Waals surface area contributed by atoms with Crippen LogP contribution in [-0.2, 0) is 13.1 Å². The smallest absolute Gasteiger partial charge is 0.203 e. The van der Waals surface area contributed by atoms with Gasteiger partial charge >= 0.3 is 0 Å². The van der Waals surface area contributed by atoms with Crippen molar-refractivity contribution in [1.29, 1.82) is 5.41 Å². The molecule has 0 fully saturated rings. The Bertz CT molecular complexity index is 806. The number of halogens is 1. The highest BCUT2D eigenvalue weighted by Crippen LogP contribution is 2.14. The molecule has 1 heterocycles. The lowest BCUT2D eigenvalue weighted by molar-refractivity contribution is 0.172. The first-order chi connectivity index (χ1) is 10.2. The van der Waals surface area contributed by atoms with E-state index in [2.05, 4.69) is 12.1 Å². The van der Waals surface area contributed by atoms with Gasteiger partial charge in [-0.15, -0.1) is 12.4 Å². The highest BCUT2D eigenvalue weighted by atomic mass is 35.5. The van der Waals surface area contributed by atoms with E-state index in [1.54, 1.807) is 6.92 Å². The fraction of sp³-hybridized carbons (Fsp3) is 0.235. The van der Waals surface area contributed by atoms with Crippen molar-refractivity contribution in [3.63, 3.8) is 0 Å². The Balaban J connectivity index is 0.00000176. The number of benzene rings is 2. The Morgan fingerprint density at radius 1 is 0.955 bits per heavy atom. The van der Waals surface area contributed by atoms with Crippen LogP contribution < -0.4 is 5.62 Å². The summed E-state index contributed by atoms with van der Waals surface area (Å²) in [6.07, 6.45) is -0.477. The van der Waals surface area contributed by atoms with E-state index in [-0.39, 0.29) is 12.4 Å². The fourth-order valence-electron chi connectivity index (χ4n) is 2.67. The molecule has 4 nitrogen and oxygen atoms in total. The molecule has 2 N–H and O–H groups in total. The maximum Gasteiger partial charge on any atom is 0.203 e. The standard InChI is InChI=1S/C17H19N3O.ClH/c1-13(21)11-19-15-9-5-6-10-16(15)20(17(19)18)12-14-7-3-2-4-8-14;/h2-10,13,18,21H,11-12H2,1H3;1H. The van der Waals surface area contributed by atoms with Crippen LogP contribution in [0.4, 0.5) is 0 Å². The molecule has 0 saturated heterocycles. The third-order valence-corrected chi connectivity index (χ3v) is 3.60. The minimum atomic E-state index is -0.477. The van der Waals surface area contributed by atoms with Crippen LogP contribution in [0.25, 0.3) is 11.0 Å². The van der Waals surface area contributed by atoms with Gasteiger partial charge in [-0.05, 0) is 24.6 Å². The predicted molar refractivity (Wildman–Crippen MR) is 90.3 cm³/mol. The molecule has 0 aliphatic carbocycles. The monoisotopic (exact) mass is 317 g/mol. The topological polar surface area (TPSA) is 53.9 Å². The lowest BCUT2D eigenvalue weighted by Gasteiger charge is -2.07. The first kappa shape index (κ1) is 16.3. The molecule has 0 bridgehead atoms. The third kappa shape index (κ3) is 3.08. The van der Waals surface area contributed by atoms with Crippen molar-refractivity contribution < 1.29 is 5.11 Å². The van der Waals surface area contributed by atoms with E-state index in [4.69, 9.17) is 5.41 Å². The number of fused-ring (bicyclic) bond motifs is 1. The van der Waals surface area contributed by atoms with Gasteiger partial charge in [0, 0.05) is 0 Å². The number of rotatable bonds is 4. The zero-order valence-corrected chi connectivity index (χ0v) is 13.3. The summed E-state index contributed by atoms with van der Waals surface area (Å²) in [7, 11) is 0. The van der Waals surface area contributed by atoms with Gasteiger partial charge in [-0.25, -0.2) is 0 Å². The predicted octanol–water partition coefficient (Wildman–Crippen LogP) is 2.77. The van der Waals surface area contributed by atoms with Crippen LogP contribution >= 0.6 is 12.4 Å². The summed E-state index contributed by atoms with van der Waals surface area (Å²) in [6.45, 7) is 2.84. The van der Waals surface area contributed by atoms with Crippen LogP contribution in [0.3, 0.4) is 0 Å². The van der Waals surface area contributed by atoms with Crippen LogP contribution in [0, 0.1) is 5.41 Å². The van der Waals surface area contributed by atoms with Crippen molar-refractivity contribution in [3.05, 3.63) is 65.8 Å². The SMILES string of the molecule is CC(O)Cn1c(=N)n(Cc2ccccc2)c2ccccc21.Cl. The Morgan fingerprint density at radius 2 is 1.50 bits per heavy atom. The van der Waals surface area contributed by atoms with Crippen molar-refractivity contribution in [3.8, 4) is 0 Å². The van der Waals surface area contributed by atoms with Crippen LogP contribution in [0.1, 0.15) is 12.5 Å². The van der Waals surface area contributed by atoms with Crippen molar-refractivity contribution >= 4 is 23.4 Å². The Morgan fingerprint density at radius 3 is 2.09 bits per heavy atom. The summed E-state index contributed by atoms with van der Waals surface area (Å²) in [6, 6.07) is 18.1. The summed E-state index contributed by atoms with van der Waals surface area (Å²) >= 11 is 0. The van der Waals surface area contributed by atoms with Gasteiger partial charge in [-0.3, -0.25) is 5.41 Å². The van der Waals surface area contributed by atoms with E-state index < -0.39 is 6.10 Å². The van der Waals surface area contributed by atoms with Gasteiger partial charge in [-0.2, -0.15) is 0 Å². The number of nitrogens with zero attached hydrogens (tertiary/aromatic N) is 2. The van der Waals surface area contributed by atoms with Crippen molar-refractivity contribution in [2.75, 3.05) is 0 Å². The molecule has 3 rings (SSSR count). The largest absolute Gasteiger partial charge is 0.392 e. The van der Waals surface area contributed by atoms with Crippen molar-refractivity contribution in [2.24, 2.45) is 0 Å². The van der Waals surface area contributed by atoms with Gasteiger partial charge in [0.15, 0.2) is 0 Å². The van der Waals surface area contributed by atoms with E-state index in [1.807, 2.05) is 51.6 Å². The Hall–Kier alpha value is -2.04. The number of aliphatic hydroxyl groups is 1. The molecule has 0 saturated carbocycles. The molecular formula is C17H20ClN3O. The maximum absolute atomic E-state index is 9.68. The molecule has 0 amide bonds. The molecule has 1 aromatic heterocycles. The zero-order valence-electron chi connectivity index (χ0n) is 12.4. The molecule has 0 aliphatic rings. The third-order valence-electron chi connectivity index (χ3n) is 3.60. The molecular weight excluding hydrogens is 298 g/mol. The molecule has 0 radical (unpaired) electrons. The zero-order chi connectivity index (χ0) is 14.8. The van der Waals surface area contributed by atoms with E-state index in [9.17, 15) is 5.11 Å². The number of nitrogens with one attached hydrogen (secondary N) is 1. The summed E-state index contributed by atoms with van der Waals surface area (Å²) in [5.74, 6) is 0. The second-order valence-corrected chi connectivity index (χ2v) is 5.34. The molecule has 22 heavy (non-hydrogen) atoms. The van der Waals surface area contributed by atoms with Crippen molar-refractivity contribution in [2.45, 2.75) is 26.1 Å². The van der Waals surface area contributed by atoms with E-state index in [1.165, 1.54) is 0 Å². The number of hydrogen-bond donors (Lipinski definition) is 2. The Labute approximate surface area is 135 Å². The van der Waals surface area contributed by atoms with E-state index in [0.29, 0.717) is 18.7 Å². The Kier molecular flexibility index (Phi) is 5.06. The van der Waals surface area contributed by atoms with Crippen LogP contribution in [-0.4, -0.2) is 20.3 Å². The molecule has 1 unspecified atom stereocenters. The quantitative estimate of drug-likeness (QED) is 0.764. The molecule has 0 spiro atoms. The van der Waals surface area contributed by atoms with Crippen LogP contribution in [0.2, 0.25) is 0 Å². The fourth-order valence-corrected chi connectivity index (χ4v) is 2.67. The van der Waals surface area contributed by atoms with Crippen molar-refractivity contribution in [1.82, 2.24) is 9.13 Å². The van der Waals surface area contributed by atoms with Gasteiger partial charge in [-0.1, -0.05) is 42.5 Å². The lowest BCUT2D eigenvalue weighted by Crippen LogP contribution is -2.28. The average Bonchev–Trinajstić information content (AvgIpc) is 2.74. The normalized spacial score (nSPS) is 12.1. The van der Waals surface area contributed by atoms with Gasteiger partial charge < -0.3 is 14.2 Å². The summed E-state index contributed by atoms with van der Waals surface area (Å²) < 4.78 is 3.84. The molecule has 3 aromatic rings. The number of aromatic nitrogens is 2. The minimum absolute atomic E-state index is 0. The van der Waals surface area contributed by atoms with E-state index in [0.717, 1.165) is 16.6 Å². The first-order valence-corrected chi connectivity index (χ1v) is 7.11. The van der Waals surface area contributed by atoms with E-state index >= 15 is 0 Å². The minimum Gasteiger partial charge on any atom is -0.392 e. The number of hydrogen-bond acceptors (Lipinski definition) is 2. The molecule has 116 valence electrons. The first-order valence-electron chi connectivity index (χ1n) is 7.11. The number of imidazole rings is 1. The molecule has 0 aliphatic heterocycles. The summed E-state index contributed by atoms with van der Waals surface area (Å²) in [5, 5.41) is 18.1. The average molecular weight is 318 g/mol. The van der Waals surface area contributed by atoms with Gasteiger partial charge in [0.25, 0.3) is 0 Å². The van der Waals surface area contributed by atoms with Gasteiger partial charge in [0.05, 0.1) is 30.2 Å². The number of aliphatic hydroxyl groups excluding tert-OH is 1. The summed E-state index contributed by atoms with van der Waals surface area (Å²) in [5.41, 5.74) is 3.59.